The molecule has 0 aliphatic rings. The lowest BCUT2D eigenvalue weighted by atomic mass is 10.1. The van der Waals surface area contributed by atoms with Crippen LogP contribution >= 0.6 is 0 Å². The molecule has 0 N–H and O–H groups in total. The van der Waals surface area contributed by atoms with Crippen LogP contribution in [0, 0.1) is 12.3 Å². The predicted octanol–water partition coefficient (Wildman–Crippen LogP) is 2.81. The van der Waals surface area contributed by atoms with Crippen LogP contribution in [0.4, 0.5) is 13.2 Å². The van der Waals surface area contributed by atoms with Gasteiger partial charge in [0.2, 0.25) is 0 Å². The molecule has 1 rings (SSSR count). The molecule has 1 aromatic heterocycles. The number of nitrogens with zero attached hydrogens (tertiary/aromatic N) is 2. The van der Waals surface area contributed by atoms with Crippen LogP contribution in [0.5, 0.6) is 5.88 Å². The van der Waals surface area contributed by atoms with Gasteiger partial charge in [0.1, 0.15) is 5.69 Å². The fourth-order valence-electron chi connectivity index (χ4n) is 2.04. The molecule has 0 radical (unpaired) electrons. The van der Waals surface area contributed by atoms with Crippen LogP contribution in [0.25, 0.3) is 5.57 Å². The van der Waals surface area contributed by atoms with Crippen LogP contribution in [-0.4, -0.2) is 50.2 Å². The van der Waals surface area contributed by atoms with E-state index in [-0.39, 0.29) is 17.8 Å². The number of esters is 1. The van der Waals surface area contributed by atoms with E-state index >= 15 is 0 Å². The molecular formula is C19H21F3N2O6S. The van der Waals surface area contributed by atoms with Crippen LogP contribution in [0.15, 0.2) is 23.9 Å². The minimum absolute atomic E-state index is 0.137. The number of hydrogen-bond acceptors (Lipinski definition) is 8. The molecule has 0 amide bonds. The van der Waals surface area contributed by atoms with E-state index < -0.39 is 33.2 Å². The highest BCUT2D eigenvalue weighted by atomic mass is 32.2. The second kappa shape index (κ2) is 11.5. The van der Waals surface area contributed by atoms with Crippen LogP contribution in [0.3, 0.4) is 0 Å². The third-order valence-electron chi connectivity index (χ3n) is 3.55. The third-order valence-corrected chi connectivity index (χ3v) is 4.49. The minimum atomic E-state index is -6.01. The topological polar surface area (TPSA) is 105 Å². The molecule has 0 aliphatic heterocycles. The molecule has 0 aromatic carbocycles. The number of terminal acetylenes is 1. The summed E-state index contributed by atoms with van der Waals surface area (Å²) in [7, 11) is -4.52. The van der Waals surface area contributed by atoms with E-state index in [2.05, 4.69) is 20.1 Å². The summed E-state index contributed by atoms with van der Waals surface area (Å²) in [4.78, 5) is 19.5. The van der Waals surface area contributed by atoms with Crippen molar-refractivity contribution in [3.63, 3.8) is 0 Å². The van der Waals surface area contributed by atoms with Crippen LogP contribution in [-0.2, 0) is 30.8 Å². The van der Waals surface area contributed by atoms with E-state index in [1.54, 1.807) is 6.92 Å². The number of aromatic nitrogens is 2. The Morgan fingerprint density at radius 1 is 1.32 bits per heavy atom. The number of carbonyl (C=O) groups excluding carboxylic acids is 1. The van der Waals surface area contributed by atoms with Crippen molar-refractivity contribution in [2.45, 2.75) is 32.2 Å². The number of methoxy groups -OCH3 is 1. The summed E-state index contributed by atoms with van der Waals surface area (Å²) in [6.07, 6.45) is 9.82. The molecule has 0 saturated heterocycles. The van der Waals surface area contributed by atoms with Crippen molar-refractivity contribution in [2.24, 2.45) is 0 Å². The van der Waals surface area contributed by atoms with Crippen molar-refractivity contribution in [3.8, 4) is 18.2 Å². The van der Waals surface area contributed by atoms with Crippen LogP contribution in [0.1, 0.15) is 31.7 Å². The molecule has 0 spiro atoms. The van der Waals surface area contributed by atoms with Gasteiger partial charge in [0.15, 0.2) is 0 Å². The number of hydrogen-bond donors (Lipinski definition) is 0. The fourth-order valence-corrected chi connectivity index (χ4v) is 2.46. The highest BCUT2D eigenvalue weighted by molar-refractivity contribution is 7.87. The molecule has 8 nitrogen and oxygen atoms in total. The maximum atomic E-state index is 12.7. The summed E-state index contributed by atoms with van der Waals surface area (Å²) in [5, 5.41) is 0. The number of ether oxygens (including phenoxy) is 2. The highest BCUT2D eigenvalue weighted by Crippen LogP contribution is 2.30. The molecule has 0 fully saturated rings. The summed E-state index contributed by atoms with van der Waals surface area (Å²) < 4.78 is 75.0. The Hall–Kier alpha value is -2.91. The van der Waals surface area contributed by atoms with E-state index in [9.17, 15) is 26.4 Å². The largest absolute Gasteiger partial charge is 0.534 e. The average molecular weight is 462 g/mol. The van der Waals surface area contributed by atoms with E-state index in [4.69, 9.17) is 15.9 Å². The number of halogens is 3. The predicted molar refractivity (Wildman–Crippen MR) is 105 cm³/mol. The van der Waals surface area contributed by atoms with Crippen molar-refractivity contribution in [1.82, 2.24) is 9.97 Å². The van der Waals surface area contributed by atoms with E-state index in [1.165, 1.54) is 26.2 Å². The van der Waals surface area contributed by atoms with Crippen LogP contribution < -0.4 is 4.18 Å². The summed E-state index contributed by atoms with van der Waals surface area (Å²) in [6.45, 7) is 3.57. The Bertz CT molecular complexity index is 995. The first-order valence-corrected chi connectivity index (χ1v) is 10.3. The smallest absolute Gasteiger partial charge is 0.463 e. The Morgan fingerprint density at radius 3 is 2.55 bits per heavy atom. The number of alkyl halides is 3. The first kappa shape index (κ1) is 26.1. The van der Waals surface area contributed by atoms with Gasteiger partial charge in [-0.05, 0) is 32.8 Å². The maximum Gasteiger partial charge on any atom is 0.534 e. The summed E-state index contributed by atoms with van der Waals surface area (Å²) in [5.41, 5.74) is -5.78. The van der Waals surface area contributed by atoms with Gasteiger partial charge in [0, 0.05) is 19.3 Å². The zero-order valence-corrected chi connectivity index (χ0v) is 17.8. The van der Waals surface area contributed by atoms with Gasteiger partial charge in [-0.25, -0.2) is 14.8 Å². The SMILES string of the molecule is C#C/C(=C\C=C(/C)C(=O)OCC)c1nc(CCCOC)cnc1OS(=O)(=O)C(F)(F)F. The van der Waals surface area contributed by atoms with Gasteiger partial charge in [-0.1, -0.05) is 12.0 Å². The first-order valence-electron chi connectivity index (χ1n) is 8.85. The number of rotatable bonds is 10. The zero-order chi connectivity index (χ0) is 23.7. The van der Waals surface area contributed by atoms with Crippen molar-refractivity contribution in [3.05, 3.63) is 35.3 Å². The van der Waals surface area contributed by atoms with Crippen molar-refractivity contribution in [1.29, 1.82) is 0 Å². The standard InChI is InChI=1S/C19H21F3N2O6S/c1-5-14(10-9-13(3)18(25)29-6-2)16-17(30-31(26,27)19(20,21)22)23-12-15(24-16)8-7-11-28-4/h1,9-10,12H,6-8,11H2,2-4H3/b13-9+,14-10+. The van der Waals surface area contributed by atoms with Crippen molar-refractivity contribution < 1.29 is 40.0 Å². The lowest BCUT2D eigenvalue weighted by molar-refractivity contribution is -0.138. The monoisotopic (exact) mass is 462 g/mol. The third kappa shape index (κ3) is 7.69. The summed E-state index contributed by atoms with van der Waals surface area (Å²) >= 11 is 0. The Balaban J connectivity index is 3.47. The Kier molecular flexibility index (Phi) is 9.67. The first-order chi connectivity index (χ1) is 14.5. The second-order valence-corrected chi connectivity index (χ2v) is 7.43. The number of aryl methyl sites for hydroxylation is 1. The molecule has 31 heavy (non-hydrogen) atoms. The molecule has 0 atom stereocenters. The molecule has 0 bridgehead atoms. The highest BCUT2D eigenvalue weighted by Gasteiger charge is 2.49. The van der Waals surface area contributed by atoms with Crippen molar-refractivity contribution >= 4 is 21.7 Å². The van der Waals surface area contributed by atoms with Gasteiger partial charge in [0.25, 0.3) is 5.88 Å². The van der Waals surface area contributed by atoms with Crippen LogP contribution in [0.2, 0.25) is 0 Å². The van der Waals surface area contributed by atoms with Gasteiger partial charge in [-0.15, -0.1) is 6.42 Å². The Labute approximate surface area is 178 Å². The average Bonchev–Trinajstić information content (AvgIpc) is 2.69. The molecule has 1 heterocycles. The summed E-state index contributed by atoms with van der Waals surface area (Å²) in [5.74, 6) is 0.606. The normalized spacial score (nSPS) is 12.9. The molecule has 0 saturated carbocycles. The quantitative estimate of drug-likeness (QED) is 0.0995. The molecule has 0 unspecified atom stereocenters. The van der Waals surface area contributed by atoms with Crippen molar-refractivity contribution in [2.75, 3.05) is 20.3 Å². The Morgan fingerprint density at radius 2 is 2.00 bits per heavy atom. The maximum absolute atomic E-state index is 12.7. The molecule has 12 heteroatoms. The number of allylic oxidation sites excluding steroid dienone is 3. The van der Waals surface area contributed by atoms with E-state index in [1.807, 2.05) is 0 Å². The lowest BCUT2D eigenvalue weighted by Crippen LogP contribution is -2.29. The molecule has 0 aliphatic carbocycles. The van der Waals surface area contributed by atoms with E-state index in [0.29, 0.717) is 25.1 Å². The molecule has 1 aromatic rings. The molecular weight excluding hydrogens is 441 g/mol. The fraction of sp³-hybridized carbons (Fsp3) is 0.421. The summed E-state index contributed by atoms with van der Waals surface area (Å²) in [6, 6.07) is 0. The van der Waals surface area contributed by atoms with Gasteiger partial charge in [0.05, 0.1) is 24.1 Å². The zero-order valence-electron chi connectivity index (χ0n) is 17.0. The minimum Gasteiger partial charge on any atom is -0.463 e. The second-order valence-electron chi connectivity index (χ2n) is 5.89. The van der Waals surface area contributed by atoms with Gasteiger partial charge in [-0.3, -0.25) is 0 Å². The lowest BCUT2D eigenvalue weighted by Gasteiger charge is -2.12. The van der Waals surface area contributed by atoms with E-state index in [0.717, 1.165) is 6.20 Å². The number of carbonyl (C=O) groups is 1. The van der Waals surface area contributed by atoms with Gasteiger partial charge < -0.3 is 13.7 Å². The van der Waals surface area contributed by atoms with Gasteiger partial charge in [-0.2, -0.15) is 21.6 Å². The molecule has 170 valence electrons. The van der Waals surface area contributed by atoms with Gasteiger partial charge >= 0.3 is 21.6 Å².